The minimum atomic E-state index is -0.141. The van der Waals surface area contributed by atoms with Crippen LogP contribution in [-0.2, 0) is 6.61 Å². The predicted octanol–water partition coefficient (Wildman–Crippen LogP) is 3.44. The van der Waals surface area contributed by atoms with Crippen LogP contribution in [0.15, 0.2) is 42.5 Å². The molecule has 0 spiro atoms. The second-order valence-corrected chi connectivity index (χ2v) is 4.14. The number of carbonyl (C=O) groups is 1. The van der Waals surface area contributed by atoms with Crippen LogP contribution in [0.25, 0.3) is 0 Å². The number of ether oxygens (including phenoxy) is 1. The first-order chi connectivity index (χ1) is 8.70. The van der Waals surface area contributed by atoms with Gasteiger partial charge in [0, 0.05) is 6.07 Å². The molecule has 0 heterocycles. The van der Waals surface area contributed by atoms with Gasteiger partial charge in [0.1, 0.15) is 18.1 Å². The summed E-state index contributed by atoms with van der Waals surface area (Å²) in [7, 11) is 0. The maximum absolute atomic E-state index is 10.6. The molecule has 0 fully saturated rings. The second-order valence-electron chi connectivity index (χ2n) is 3.73. The molecule has 0 atom stereocenters. The molecule has 2 rings (SSSR count). The van der Waals surface area contributed by atoms with E-state index in [2.05, 4.69) is 0 Å². The average molecular weight is 263 g/mol. The van der Waals surface area contributed by atoms with E-state index in [1.54, 1.807) is 0 Å². The van der Waals surface area contributed by atoms with Gasteiger partial charge >= 0.3 is 0 Å². The highest BCUT2D eigenvalue weighted by atomic mass is 35.5. The van der Waals surface area contributed by atoms with Gasteiger partial charge in [0.25, 0.3) is 0 Å². The molecular formula is C14H11ClO3. The number of carbonyl (C=O) groups excluding carboxylic acids is 1. The van der Waals surface area contributed by atoms with Gasteiger partial charge in [0.15, 0.2) is 6.29 Å². The lowest BCUT2D eigenvalue weighted by Crippen LogP contribution is -1.96. The highest BCUT2D eigenvalue weighted by Crippen LogP contribution is 2.31. The van der Waals surface area contributed by atoms with Crippen LogP contribution in [0, 0.1) is 0 Å². The summed E-state index contributed by atoms with van der Waals surface area (Å²) in [5.74, 6) is 0.209. The first-order valence-electron chi connectivity index (χ1n) is 5.35. The number of hydrogen-bond acceptors (Lipinski definition) is 3. The quantitative estimate of drug-likeness (QED) is 0.859. The molecule has 0 aliphatic rings. The van der Waals surface area contributed by atoms with E-state index in [4.69, 9.17) is 16.3 Å². The van der Waals surface area contributed by atoms with Crippen molar-refractivity contribution in [2.75, 3.05) is 0 Å². The Bertz CT molecular complexity index is 552. The maximum Gasteiger partial charge on any atom is 0.153 e. The van der Waals surface area contributed by atoms with E-state index >= 15 is 0 Å². The molecule has 0 unspecified atom stereocenters. The van der Waals surface area contributed by atoms with Crippen molar-refractivity contribution in [1.82, 2.24) is 0 Å². The fourth-order valence-corrected chi connectivity index (χ4v) is 1.73. The Kier molecular flexibility index (Phi) is 3.85. The monoisotopic (exact) mass is 262 g/mol. The van der Waals surface area contributed by atoms with E-state index in [1.165, 1.54) is 12.1 Å². The summed E-state index contributed by atoms with van der Waals surface area (Å²) in [6.45, 7) is 0.348. The van der Waals surface area contributed by atoms with E-state index in [-0.39, 0.29) is 11.3 Å². The lowest BCUT2D eigenvalue weighted by molar-refractivity contribution is 0.112. The van der Waals surface area contributed by atoms with Crippen molar-refractivity contribution in [3.8, 4) is 11.5 Å². The van der Waals surface area contributed by atoms with Crippen LogP contribution in [0.1, 0.15) is 15.9 Å². The van der Waals surface area contributed by atoms with Gasteiger partial charge in [-0.2, -0.15) is 0 Å². The minimum absolute atomic E-state index is 0.141. The van der Waals surface area contributed by atoms with Crippen molar-refractivity contribution in [3.05, 3.63) is 58.6 Å². The molecule has 0 amide bonds. The van der Waals surface area contributed by atoms with Crippen molar-refractivity contribution in [2.45, 2.75) is 6.61 Å². The number of phenolic OH excluding ortho intramolecular Hbond substituents is 1. The molecule has 2 aromatic carbocycles. The summed E-state index contributed by atoms with van der Waals surface area (Å²) in [5, 5.41) is 9.84. The largest absolute Gasteiger partial charge is 0.507 e. The molecule has 1 N–H and O–H groups in total. The van der Waals surface area contributed by atoms with E-state index in [1.807, 2.05) is 30.3 Å². The Morgan fingerprint density at radius 3 is 2.61 bits per heavy atom. The van der Waals surface area contributed by atoms with Gasteiger partial charge in [-0.15, -0.1) is 0 Å². The number of halogens is 1. The van der Waals surface area contributed by atoms with E-state index in [9.17, 15) is 9.90 Å². The molecule has 3 nitrogen and oxygen atoms in total. The zero-order valence-corrected chi connectivity index (χ0v) is 10.2. The summed E-state index contributed by atoms with van der Waals surface area (Å²) in [4.78, 5) is 10.6. The molecule has 0 saturated carbocycles. The van der Waals surface area contributed by atoms with Crippen LogP contribution in [0.5, 0.6) is 11.5 Å². The van der Waals surface area contributed by atoms with Crippen LogP contribution in [0.2, 0.25) is 5.02 Å². The minimum Gasteiger partial charge on any atom is -0.507 e. The number of hydrogen-bond donors (Lipinski definition) is 1. The van der Waals surface area contributed by atoms with Crippen molar-refractivity contribution < 1.29 is 14.6 Å². The SMILES string of the molecule is O=Cc1cc(Cl)c(OCc2ccccc2)cc1O. The topological polar surface area (TPSA) is 46.5 Å². The molecule has 0 radical (unpaired) electrons. The summed E-state index contributed by atoms with van der Waals surface area (Å²) in [6.07, 6.45) is 0.544. The van der Waals surface area contributed by atoms with Crippen molar-refractivity contribution in [1.29, 1.82) is 0 Å². The number of phenols is 1. The third-order valence-electron chi connectivity index (χ3n) is 2.45. The average Bonchev–Trinajstić information content (AvgIpc) is 2.40. The Morgan fingerprint density at radius 1 is 1.22 bits per heavy atom. The van der Waals surface area contributed by atoms with E-state index in [0.717, 1.165) is 5.56 Å². The Labute approximate surface area is 110 Å². The first-order valence-corrected chi connectivity index (χ1v) is 5.73. The molecule has 0 aromatic heterocycles. The Hall–Kier alpha value is -2.00. The predicted molar refractivity (Wildman–Crippen MR) is 69.3 cm³/mol. The number of aldehydes is 1. The van der Waals surface area contributed by atoms with Crippen LogP contribution in [0.3, 0.4) is 0 Å². The van der Waals surface area contributed by atoms with Gasteiger partial charge in [-0.3, -0.25) is 4.79 Å². The first kappa shape index (κ1) is 12.5. The van der Waals surface area contributed by atoms with Crippen molar-refractivity contribution in [3.63, 3.8) is 0 Å². The number of benzene rings is 2. The normalized spacial score (nSPS) is 10.1. The van der Waals surface area contributed by atoms with Crippen molar-refractivity contribution >= 4 is 17.9 Å². The zero-order valence-electron chi connectivity index (χ0n) is 9.47. The van der Waals surface area contributed by atoms with Crippen LogP contribution < -0.4 is 4.74 Å². The second kappa shape index (κ2) is 5.56. The molecule has 4 heteroatoms. The Morgan fingerprint density at radius 2 is 1.94 bits per heavy atom. The summed E-state index contributed by atoms with van der Waals surface area (Å²) >= 11 is 5.95. The Balaban J connectivity index is 2.15. The van der Waals surface area contributed by atoms with Gasteiger partial charge in [-0.1, -0.05) is 41.9 Å². The molecule has 0 bridgehead atoms. The molecule has 18 heavy (non-hydrogen) atoms. The summed E-state index contributed by atoms with van der Waals surface area (Å²) in [5.41, 5.74) is 1.14. The van der Waals surface area contributed by atoms with Gasteiger partial charge in [-0.05, 0) is 11.6 Å². The standard InChI is InChI=1S/C14H11ClO3/c15-12-6-11(8-16)13(17)7-14(12)18-9-10-4-2-1-3-5-10/h1-8,17H,9H2. The molecule has 0 saturated heterocycles. The lowest BCUT2D eigenvalue weighted by Gasteiger charge is -2.09. The van der Waals surface area contributed by atoms with Crippen LogP contribution in [0.4, 0.5) is 0 Å². The van der Waals surface area contributed by atoms with Crippen LogP contribution >= 0.6 is 11.6 Å². The fraction of sp³-hybridized carbons (Fsp3) is 0.0714. The smallest absolute Gasteiger partial charge is 0.153 e. The van der Waals surface area contributed by atoms with Gasteiger partial charge in [0.2, 0.25) is 0 Å². The molecule has 92 valence electrons. The molecule has 2 aromatic rings. The maximum atomic E-state index is 10.6. The lowest BCUT2D eigenvalue weighted by atomic mass is 10.2. The number of rotatable bonds is 4. The third-order valence-corrected chi connectivity index (χ3v) is 2.74. The van der Waals surface area contributed by atoms with Crippen LogP contribution in [-0.4, -0.2) is 11.4 Å². The fourth-order valence-electron chi connectivity index (χ4n) is 1.50. The summed E-state index contributed by atoms with van der Waals surface area (Å²) in [6, 6.07) is 12.3. The van der Waals surface area contributed by atoms with E-state index < -0.39 is 0 Å². The highest BCUT2D eigenvalue weighted by Gasteiger charge is 2.08. The summed E-state index contributed by atoms with van der Waals surface area (Å²) < 4.78 is 5.50. The third kappa shape index (κ3) is 2.81. The molecule has 0 aliphatic heterocycles. The number of aromatic hydroxyl groups is 1. The zero-order chi connectivity index (χ0) is 13.0. The molecular weight excluding hydrogens is 252 g/mol. The molecule has 0 aliphatic carbocycles. The van der Waals surface area contributed by atoms with Gasteiger partial charge < -0.3 is 9.84 Å². The van der Waals surface area contributed by atoms with Gasteiger partial charge in [-0.25, -0.2) is 0 Å². The van der Waals surface area contributed by atoms with Crippen molar-refractivity contribution in [2.24, 2.45) is 0 Å². The van der Waals surface area contributed by atoms with Gasteiger partial charge in [0.05, 0.1) is 10.6 Å². The highest BCUT2D eigenvalue weighted by molar-refractivity contribution is 6.32. The van der Waals surface area contributed by atoms with E-state index in [0.29, 0.717) is 23.7 Å².